The molecule has 1 heterocycles. The normalized spacial score (nSPS) is 22.0. The third-order valence-electron chi connectivity index (χ3n) is 4.84. The Morgan fingerprint density at radius 2 is 1.90 bits per heavy atom. The zero-order chi connectivity index (χ0) is 15.1. The van der Waals surface area contributed by atoms with Gasteiger partial charge in [0.2, 0.25) is 5.91 Å². The lowest BCUT2D eigenvalue weighted by atomic mass is 10.2. The number of carbonyl (C=O) groups is 1. The molecule has 1 N–H and O–H groups in total. The summed E-state index contributed by atoms with van der Waals surface area (Å²) >= 11 is 0. The van der Waals surface area contributed by atoms with Crippen LogP contribution in [0.3, 0.4) is 0 Å². The highest BCUT2D eigenvalue weighted by molar-refractivity contribution is 5.76. The largest absolute Gasteiger partial charge is 0.343 e. The molecular formula is C17H33N3O. The van der Waals surface area contributed by atoms with Crippen LogP contribution in [-0.4, -0.2) is 61.0 Å². The van der Waals surface area contributed by atoms with Crippen LogP contribution in [0.25, 0.3) is 0 Å². The number of carbonyl (C=O) groups excluding carboxylic acids is 1. The van der Waals surface area contributed by atoms with Crippen LogP contribution in [-0.2, 0) is 4.79 Å². The van der Waals surface area contributed by atoms with Crippen LogP contribution in [0.5, 0.6) is 0 Å². The van der Waals surface area contributed by atoms with Gasteiger partial charge in [0.25, 0.3) is 0 Å². The van der Waals surface area contributed by atoms with Gasteiger partial charge in [-0.25, -0.2) is 0 Å². The van der Waals surface area contributed by atoms with Gasteiger partial charge in [0.15, 0.2) is 0 Å². The maximum absolute atomic E-state index is 12.1. The maximum Gasteiger partial charge on any atom is 0.222 e. The van der Waals surface area contributed by atoms with Crippen molar-refractivity contribution in [2.75, 3.05) is 39.3 Å². The predicted molar refractivity (Wildman–Crippen MR) is 87.4 cm³/mol. The number of hydrogen-bond donors (Lipinski definition) is 1. The molecule has 4 nitrogen and oxygen atoms in total. The van der Waals surface area contributed by atoms with Gasteiger partial charge in [-0.15, -0.1) is 0 Å². The predicted octanol–water partition coefficient (Wildman–Crippen LogP) is 2.10. The molecule has 1 saturated heterocycles. The van der Waals surface area contributed by atoms with Gasteiger partial charge >= 0.3 is 0 Å². The molecule has 2 rings (SSSR count). The highest BCUT2D eigenvalue weighted by Crippen LogP contribution is 2.30. The standard InChI is InChI=1S/C17H33N3O/c1-3-20(4-2)17(21)8-6-12-19(13-15-9-10-15)14-16-7-5-11-18-16/h15-16,18H,3-14H2,1-2H3. The van der Waals surface area contributed by atoms with Gasteiger partial charge in [-0.2, -0.15) is 0 Å². The minimum absolute atomic E-state index is 0.324. The van der Waals surface area contributed by atoms with Crippen molar-refractivity contribution in [3.63, 3.8) is 0 Å². The van der Waals surface area contributed by atoms with Crippen LogP contribution in [0, 0.1) is 5.92 Å². The van der Waals surface area contributed by atoms with Crippen LogP contribution in [0.15, 0.2) is 0 Å². The van der Waals surface area contributed by atoms with Crippen LogP contribution in [0.1, 0.15) is 52.4 Å². The highest BCUT2D eigenvalue weighted by Gasteiger charge is 2.26. The van der Waals surface area contributed by atoms with Crippen molar-refractivity contribution in [3.05, 3.63) is 0 Å². The topological polar surface area (TPSA) is 35.6 Å². The van der Waals surface area contributed by atoms with Crippen LogP contribution < -0.4 is 5.32 Å². The molecule has 0 aromatic carbocycles. The summed E-state index contributed by atoms with van der Waals surface area (Å²) in [7, 11) is 0. The number of nitrogens with zero attached hydrogens (tertiary/aromatic N) is 2. The second-order valence-corrected chi connectivity index (χ2v) is 6.67. The smallest absolute Gasteiger partial charge is 0.222 e. The van der Waals surface area contributed by atoms with E-state index in [9.17, 15) is 4.79 Å². The molecule has 2 fully saturated rings. The quantitative estimate of drug-likeness (QED) is 0.670. The van der Waals surface area contributed by atoms with E-state index in [0.717, 1.165) is 32.0 Å². The Bertz CT molecular complexity index is 307. The van der Waals surface area contributed by atoms with Gasteiger partial charge in [-0.1, -0.05) is 0 Å². The van der Waals surface area contributed by atoms with Gasteiger partial charge in [0.1, 0.15) is 0 Å². The van der Waals surface area contributed by atoms with Gasteiger partial charge in [0.05, 0.1) is 0 Å². The van der Waals surface area contributed by atoms with Crippen molar-refractivity contribution < 1.29 is 4.79 Å². The molecule has 1 saturated carbocycles. The van der Waals surface area contributed by atoms with E-state index in [-0.39, 0.29) is 0 Å². The second kappa shape index (κ2) is 8.74. The Labute approximate surface area is 130 Å². The van der Waals surface area contributed by atoms with Crippen molar-refractivity contribution in [1.82, 2.24) is 15.1 Å². The number of hydrogen-bond acceptors (Lipinski definition) is 3. The van der Waals surface area contributed by atoms with Crippen molar-refractivity contribution in [1.29, 1.82) is 0 Å². The summed E-state index contributed by atoms with van der Waals surface area (Å²) in [5.41, 5.74) is 0. The Morgan fingerprint density at radius 3 is 2.48 bits per heavy atom. The van der Waals surface area contributed by atoms with Gasteiger partial charge in [-0.05, 0) is 65.0 Å². The van der Waals surface area contributed by atoms with E-state index in [1.165, 1.54) is 45.3 Å². The summed E-state index contributed by atoms with van der Waals surface area (Å²) in [6, 6.07) is 0.683. The Kier molecular flexibility index (Phi) is 6.97. The molecule has 0 aromatic heterocycles. The summed E-state index contributed by atoms with van der Waals surface area (Å²) in [5, 5.41) is 3.60. The van der Waals surface area contributed by atoms with Gasteiger partial charge < -0.3 is 15.1 Å². The number of rotatable bonds is 10. The Balaban J connectivity index is 1.69. The number of nitrogens with one attached hydrogen (secondary N) is 1. The molecular weight excluding hydrogens is 262 g/mol. The molecule has 21 heavy (non-hydrogen) atoms. The lowest BCUT2D eigenvalue weighted by Crippen LogP contribution is -2.39. The fourth-order valence-corrected chi connectivity index (χ4v) is 3.34. The molecule has 122 valence electrons. The fourth-order valence-electron chi connectivity index (χ4n) is 3.34. The van der Waals surface area contributed by atoms with E-state index in [4.69, 9.17) is 0 Å². The molecule has 0 aromatic rings. The van der Waals surface area contributed by atoms with Crippen molar-refractivity contribution in [2.45, 2.75) is 58.4 Å². The van der Waals surface area contributed by atoms with E-state index < -0.39 is 0 Å². The molecule has 1 aliphatic heterocycles. The average Bonchev–Trinajstić information content (AvgIpc) is 3.13. The molecule has 1 amide bonds. The Hall–Kier alpha value is -0.610. The zero-order valence-corrected chi connectivity index (χ0v) is 13.9. The lowest BCUT2D eigenvalue weighted by Gasteiger charge is -2.26. The molecule has 0 spiro atoms. The minimum Gasteiger partial charge on any atom is -0.343 e. The molecule has 1 aliphatic carbocycles. The SMILES string of the molecule is CCN(CC)C(=O)CCCN(CC1CC1)CC1CCCN1. The highest BCUT2D eigenvalue weighted by atomic mass is 16.2. The molecule has 0 bridgehead atoms. The molecule has 0 radical (unpaired) electrons. The first-order valence-corrected chi connectivity index (χ1v) is 8.96. The molecule has 4 heteroatoms. The van der Waals surface area contributed by atoms with Crippen molar-refractivity contribution in [2.24, 2.45) is 5.92 Å². The van der Waals surface area contributed by atoms with E-state index in [0.29, 0.717) is 18.4 Å². The first-order chi connectivity index (χ1) is 10.2. The maximum atomic E-state index is 12.1. The van der Waals surface area contributed by atoms with E-state index in [1.54, 1.807) is 0 Å². The zero-order valence-electron chi connectivity index (χ0n) is 13.9. The first-order valence-electron chi connectivity index (χ1n) is 8.96. The molecule has 1 atom stereocenters. The van der Waals surface area contributed by atoms with Crippen LogP contribution in [0.2, 0.25) is 0 Å². The Morgan fingerprint density at radius 1 is 1.14 bits per heavy atom. The summed E-state index contributed by atoms with van der Waals surface area (Å²) in [4.78, 5) is 16.6. The number of amides is 1. The third kappa shape index (κ3) is 5.95. The second-order valence-electron chi connectivity index (χ2n) is 6.67. The van der Waals surface area contributed by atoms with Gasteiger partial charge in [-0.3, -0.25) is 4.79 Å². The summed E-state index contributed by atoms with van der Waals surface area (Å²) in [6.07, 6.45) is 7.18. The molecule has 2 aliphatic rings. The van der Waals surface area contributed by atoms with Crippen molar-refractivity contribution in [3.8, 4) is 0 Å². The lowest BCUT2D eigenvalue weighted by molar-refractivity contribution is -0.130. The first kappa shape index (κ1) is 16.8. The van der Waals surface area contributed by atoms with Crippen molar-refractivity contribution >= 4 is 5.91 Å². The van der Waals surface area contributed by atoms with Gasteiger partial charge in [0, 0.05) is 38.6 Å². The minimum atomic E-state index is 0.324. The third-order valence-corrected chi connectivity index (χ3v) is 4.84. The fraction of sp³-hybridized carbons (Fsp3) is 0.941. The monoisotopic (exact) mass is 295 g/mol. The molecule has 1 unspecified atom stereocenters. The van der Waals surface area contributed by atoms with Crippen LogP contribution in [0.4, 0.5) is 0 Å². The van der Waals surface area contributed by atoms with Crippen LogP contribution >= 0.6 is 0 Å². The van der Waals surface area contributed by atoms with E-state index in [2.05, 4.69) is 24.1 Å². The van der Waals surface area contributed by atoms with E-state index >= 15 is 0 Å². The summed E-state index contributed by atoms with van der Waals surface area (Å²) < 4.78 is 0. The summed E-state index contributed by atoms with van der Waals surface area (Å²) in [5.74, 6) is 1.26. The average molecular weight is 295 g/mol. The summed E-state index contributed by atoms with van der Waals surface area (Å²) in [6.45, 7) is 10.5. The van der Waals surface area contributed by atoms with E-state index in [1.807, 2.05) is 4.90 Å².